The topological polar surface area (TPSA) is 29.5 Å². The Kier molecular flexibility index (Phi) is 4.42. The van der Waals surface area contributed by atoms with Gasteiger partial charge in [-0.1, -0.05) is 0 Å². The first kappa shape index (κ1) is 14.1. The minimum Gasteiger partial charge on any atom is -0.440 e. The summed E-state index contributed by atoms with van der Waals surface area (Å²) in [4.78, 5) is 12.5. The van der Waals surface area contributed by atoms with Gasteiger partial charge in [0.05, 0.1) is 0 Å². The van der Waals surface area contributed by atoms with Crippen molar-refractivity contribution in [3.8, 4) is 0 Å². The van der Waals surface area contributed by atoms with Crippen molar-refractivity contribution >= 4 is 6.09 Å². The van der Waals surface area contributed by atoms with E-state index in [0.717, 1.165) is 0 Å². The van der Waals surface area contributed by atoms with Crippen LogP contribution in [-0.4, -0.2) is 35.9 Å². The maximum atomic E-state index is 11.8. The Morgan fingerprint density at radius 3 is 2.00 bits per heavy atom. The third-order valence-electron chi connectivity index (χ3n) is 1.71. The fourth-order valence-corrected chi connectivity index (χ4v) is 1.10. The minimum atomic E-state index is -4.48. The van der Waals surface area contributed by atoms with Crippen LogP contribution in [0.2, 0.25) is 0 Å². The molecule has 15 heavy (non-hydrogen) atoms. The van der Waals surface area contributed by atoms with Crippen LogP contribution in [0.5, 0.6) is 0 Å². The van der Waals surface area contributed by atoms with E-state index in [-0.39, 0.29) is 0 Å². The lowest BCUT2D eigenvalue weighted by molar-refractivity contribution is -0.163. The molecule has 0 radical (unpaired) electrons. The first-order chi connectivity index (χ1) is 6.58. The lowest BCUT2D eigenvalue weighted by Gasteiger charge is -2.33. The van der Waals surface area contributed by atoms with Gasteiger partial charge in [-0.15, -0.1) is 0 Å². The molecule has 0 saturated heterocycles. The van der Waals surface area contributed by atoms with E-state index in [1.807, 2.05) is 0 Å². The van der Waals surface area contributed by atoms with Gasteiger partial charge in [0.1, 0.15) is 0 Å². The third-order valence-corrected chi connectivity index (χ3v) is 1.71. The van der Waals surface area contributed by atoms with Crippen molar-refractivity contribution < 1.29 is 22.7 Å². The number of hydrogen-bond donors (Lipinski definition) is 0. The van der Waals surface area contributed by atoms with E-state index in [2.05, 4.69) is 4.74 Å². The van der Waals surface area contributed by atoms with Crippen molar-refractivity contribution in [3.63, 3.8) is 0 Å². The second-order valence-electron chi connectivity index (χ2n) is 4.08. The smallest absolute Gasteiger partial charge is 0.422 e. The molecule has 0 aliphatic rings. The number of ether oxygens (including phenoxy) is 1. The fraction of sp³-hybridized carbons (Fsp3) is 0.889. The summed E-state index contributed by atoms with van der Waals surface area (Å²) < 4.78 is 39.5. The highest BCUT2D eigenvalue weighted by atomic mass is 19.4. The van der Waals surface area contributed by atoms with E-state index in [0.29, 0.717) is 6.54 Å². The summed E-state index contributed by atoms with van der Waals surface area (Å²) in [5, 5.41) is 0. The quantitative estimate of drug-likeness (QED) is 0.726. The maximum absolute atomic E-state index is 11.8. The molecule has 0 rings (SSSR count). The average Bonchev–Trinajstić information content (AvgIpc) is 1.98. The van der Waals surface area contributed by atoms with E-state index in [1.165, 1.54) is 4.90 Å². The summed E-state index contributed by atoms with van der Waals surface area (Å²) in [5.74, 6) is 0. The molecule has 0 aromatic carbocycles. The summed E-state index contributed by atoms with van der Waals surface area (Å²) in [5.41, 5.74) is -0.544. The molecule has 0 N–H and O–H groups in total. The fourth-order valence-electron chi connectivity index (χ4n) is 1.10. The predicted octanol–water partition coefficient (Wildman–Crippen LogP) is 2.81. The molecule has 0 atom stereocenters. The Labute approximate surface area is 87.2 Å². The molecule has 0 spiro atoms. The zero-order valence-corrected chi connectivity index (χ0v) is 9.31. The van der Waals surface area contributed by atoms with E-state index in [1.54, 1.807) is 27.7 Å². The van der Waals surface area contributed by atoms with Crippen molar-refractivity contribution in [2.75, 3.05) is 13.2 Å². The number of alkyl halides is 3. The van der Waals surface area contributed by atoms with Crippen molar-refractivity contribution in [1.82, 2.24) is 4.90 Å². The first-order valence-electron chi connectivity index (χ1n) is 4.59. The van der Waals surface area contributed by atoms with Crippen molar-refractivity contribution in [3.05, 3.63) is 0 Å². The van der Waals surface area contributed by atoms with Crippen LogP contribution >= 0.6 is 0 Å². The van der Waals surface area contributed by atoms with Crippen molar-refractivity contribution in [2.45, 2.75) is 39.4 Å². The van der Waals surface area contributed by atoms with Gasteiger partial charge in [0.2, 0.25) is 0 Å². The SMILES string of the molecule is CCN(C(=O)OCC(F)(F)F)C(C)(C)C. The molecular formula is C9H16F3NO2. The van der Waals surface area contributed by atoms with Gasteiger partial charge < -0.3 is 9.64 Å². The van der Waals surface area contributed by atoms with E-state index < -0.39 is 24.4 Å². The van der Waals surface area contributed by atoms with Crippen LogP contribution in [0.1, 0.15) is 27.7 Å². The van der Waals surface area contributed by atoms with Gasteiger partial charge in [-0.25, -0.2) is 4.79 Å². The zero-order valence-electron chi connectivity index (χ0n) is 9.31. The van der Waals surface area contributed by atoms with E-state index >= 15 is 0 Å². The molecule has 3 nitrogen and oxygen atoms in total. The molecular weight excluding hydrogens is 211 g/mol. The molecule has 0 aromatic rings. The highest BCUT2D eigenvalue weighted by molar-refractivity contribution is 5.68. The lowest BCUT2D eigenvalue weighted by atomic mass is 10.1. The van der Waals surface area contributed by atoms with E-state index in [4.69, 9.17) is 0 Å². The normalized spacial score (nSPS) is 12.5. The number of carbonyl (C=O) groups is 1. The van der Waals surface area contributed by atoms with Gasteiger partial charge >= 0.3 is 12.3 Å². The molecule has 0 aliphatic carbocycles. The van der Waals surface area contributed by atoms with Gasteiger partial charge in [0.15, 0.2) is 6.61 Å². The van der Waals surface area contributed by atoms with Gasteiger partial charge in [-0.05, 0) is 27.7 Å². The number of carbonyl (C=O) groups excluding carboxylic acids is 1. The Bertz CT molecular complexity index is 220. The molecule has 0 unspecified atom stereocenters. The molecule has 0 saturated carbocycles. The number of nitrogens with zero attached hydrogens (tertiary/aromatic N) is 1. The van der Waals surface area contributed by atoms with Gasteiger partial charge in [0, 0.05) is 12.1 Å². The third kappa shape index (κ3) is 5.49. The Morgan fingerprint density at radius 2 is 1.73 bits per heavy atom. The summed E-state index contributed by atoms with van der Waals surface area (Å²) in [7, 11) is 0. The monoisotopic (exact) mass is 227 g/mol. The van der Waals surface area contributed by atoms with Crippen molar-refractivity contribution in [1.29, 1.82) is 0 Å². The molecule has 0 aliphatic heterocycles. The molecule has 0 aromatic heterocycles. The van der Waals surface area contributed by atoms with Gasteiger partial charge in [0.25, 0.3) is 0 Å². The highest BCUT2D eigenvalue weighted by Crippen LogP contribution is 2.18. The first-order valence-corrected chi connectivity index (χ1v) is 4.59. The van der Waals surface area contributed by atoms with Crippen LogP contribution in [0.25, 0.3) is 0 Å². The van der Waals surface area contributed by atoms with Crippen LogP contribution in [0.15, 0.2) is 0 Å². The Morgan fingerprint density at radius 1 is 1.27 bits per heavy atom. The Hall–Kier alpha value is -0.940. The largest absolute Gasteiger partial charge is 0.440 e. The standard InChI is InChI=1S/C9H16F3NO2/c1-5-13(8(2,3)4)7(14)15-6-9(10,11)12/h5-6H2,1-4H3. The predicted molar refractivity (Wildman–Crippen MR) is 49.5 cm³/mol. The maximum Gasteiger partial charge on any atom is 0.422 e. The van der Waals surface area contributed by atoms with Crippen LogP contribution in [0, 0.1) is 0 Å². The number of hydrogen-bond acceptors (Lipinski definition) is 2. The van der Waals surface area contributed by atoms with Gasteiger partial charge in [-0.2, -0.15) is 13.2 Å². The number of halogens is 3. The van der Waals surface area contributed by atoms with Gasteiger partial charge in [-0.3, -0.25) is 0 Å². The molecule has 90 valence electrons. The minimum absolute atomic E-state index is 0.306. The van der Waals surface area contributed by atoms with Crippen LogP contribution in [-0.2, 0) is 4.74 Å². The van der Waals surface area contributed by atoms with Crippen LogP contribution in [0.3, 0.4) is 0 Å². The second kappa shape index (κ2) is 4.72. The summed E-state index contributed by atoms with van der Waals surface area (Å²) in [6, 6.07) is 0. The zero-order chi connectivity index (χ0) is 12.3. The molecule has 0 bridgehead atoms. The molecule has 0 fully saturated rings. The summed E-state index contributed by atoms with van der Waals surface area (Å²) in [6.07, 6.45) is -5.42. The van der Waals surface area contributed by atoms with Crippen LogP contribution in [0.4, 0.5) is 18.0 Å². The Balaban J connectivity index is 4.31. The van der Waals surface area contributed by atoms with E-state index in [9.17, 15) is 18.0 Å². The summed E-state index contributed by atoms with van der Waals surface area (Å²) >= 11 is 0. The average molecular weight is 227 g/mol. The number of amides is 1. The summed E-state index contributed by atoms with van der Waals surface area (Å²) in [6.45, 7) is 5.63. The van der Waals surface area contributed by atoms with Crippen molar-refractivity contribution in [2.24, 2.45) is 0 Å². The highest BCUT2D eigenvalue weighted by Gasteiger charge is 2.32. The molecule has 6 heteroatoms. The molecule has 0 heterocycles. The van der Waals surface area contributed by atoms with Crippen LogP contribution < -0.4 is 0 Å². The second-order valence-corrected chi connectivity index (χ2v) is 4.08. The molecule has 1 amide bonds. The lowest BCUT2D eigenvalue weighted by Crippen LogP contribution is -2.46. The number of rotatable bonds is 2.